The van der Waals surface area contributed by atoms with Crippen molar-refractivity contribution in [3.05, 3.63) is 48.1 Å². The first-order valence-corrected chi connectivity index (χ1v) is 6.87. The summed E-state index contributed by atoms with van der Waals surface area (Å²) in [4.78, 5) is 8.16. The van der Waals surface area contributed by atoms with Gasteiger partial charge in [0.1, 0.15) is 18.1 Å². The Morgan fingerprint density at radius 1 is 1.14 bits per heavy atom. The lowest BCUT2D eigenvalue weighted by molar-refractivity contribution is 0.280. The predicted molar refractivity (Wildman–Crippen MR) is 81.0 cm³/mol. The fraction of sp³-hybridized carbons (Fsp3) is 0.200. The zero-order valence-corrected chi connectivity index (χ0v) is 12.2. The molecule has 0 bridgehead atoms. The molecule has 0 fully saturated rings. The number of halogens is 1. The molecular weight excluding hydrogens is 290 g/mol. The van der Waals surface area contributed by atoms with Crippen LogP contribution >= 0.6 is 11.6 Å². The van der Waals surface area contributed by atoms with E-state index in [1.165, 1.54) is 6.33 Å². The molecule has 108 valence electrons. The number of fused-ring (bicyclic) bond motifs is 1. The van der Waals surface area contributed by atoms with Crippen LogP contribution in [0.25, 0.3) is 10.9 Å². The SMILES string of the molecule is COc1cc2c(Cl)ncnc2cc1OCCn1cccc1. The van der Waals surface area contributed by atoms with E-state index in [1.807, 2.05) is 35.2 Å². The number of hydrogen-bond donors (Lipinski definition) is 0. The Balaban J connectivity index is 1.83. The van der Waals surface area contributed by atoms with Crippen molar-refractivity contribution in [1.29, 1.82) is 0 Å². The molecule has 0 unspecified atom stereocenters. The van der Waals surface area contributed by atoms with Gasteiger partial charge in [-0.25, -0.2) is 9.97 Å². The first-order chi connectivity index (χ1) is 10.3. The highest BCUT2D eigenvalue weighted by Crippen LogP contribution is 2.33. The second-order valence-corrected chi connectivity index (χ2v) is 4.81. The minimum atomic E-state index is 0.400. The highest BCUT2D eigenvalue weighted by molar-refractivity contribution is 6.34. The Bertz CT molecular complexity index is 744. The molecule has 2 heterocycles. The van der Waals surface area contributed by atoms with Crippen LogP contribution < -0.4 is 9.47 Å². The molecule has 0 aliphatic heterocycles. The average Bonchev–Trinajstić information content (AvgIpc) is 3.00. The topological polar surface area (TPSA) is 49.2 Å². The van der Waals surface area contributed by atoms with Gasteiger partial charge in [0.05, 0.1) is 19.2 Å². The van der Waals surface area contributed by atoms with Crippen LogP contribution in [0.5, 0.6) is 11.5 Å². The van der Waals surface area contributed by atoms with Crippen LogP contribution in [0.4, 0.5) is 0 Å². The Morgan fingerprint density at radius 3 is 2.71 bits per heavy atom. The summed E-state index contributed by atoms with van der Waals surface area (Å²) < 4.78 is 13.2. The third-order valence-corrected chi connectivity index (χ3v) is 3.45. The summed E-state index contributed by atoms with van der Waals surface area (Å²) >= 11 is 6.06. The van der Waals surface area contributed by atoms with Crippen LogP contribution in [0.3, 0.4) is 0 Å². The summed E-state index contributed by atoms with van der Waals surface area (Å²) in [6.45, 7) is 1.30. The number of aromatic nitrogens is 3. The predicted octanol–water partition coefficient (Wildman–Crippen LogP) is 3.17. The summed E-state index contributed by atoms with van der Waals surface area (Å²) in [6, 6.07) is 7.57. The maximum atomic E-state index is 6.06. The van der Waals surface area contributed by atoms with Crippen LogP contribution in [-0.4, -0.2) is 28.3 Å². The van der Waals surface area contributed by atoms with Gasteiger partial charge in [-0.2, -0.15) is 0 Å². The van der Waals surface area contributed by atoms with Gasteiger partial charge in [-0.1, -0.05) is 11.6 Å². The van der Waals surface area contributed by atoms with Crippen LogP contribution in [-0.2, 0) is 6.54 Å². The van der Waals surface area contributed by atoms with E-state index in [0.29, 0.717) is 23.3 Å². The molecule has 0 amide bonds. The van der Waals surface area contributed by atoms with E-state index in [2.05, 4.69) is 9.97 Å². The molecule has 3 rings (SSSR count). The summed E-state index contributed by atoms with van der Waals surface area (Å²) in [5.74, 6) is 1.26. The molecule has 0 N–H and O–H groups in total. The summed E-state index contributed by atoms with van der Waals surface area (Å²) in [6.07, 6.45) is 5.42. The lowest BCUT2D eigenvalue weighted by Gasteiger charge is -2.12. The molecule has 0 saturated carbocycles. The van der Waals surface area contributed by atoms with E-state index in [4.69, 9.17) is 21.1 Å². The van der Waals surface area contributed by atoms with Crippen molar-refractivity contribution in [1.82, 2.24) is 14.5 Å². The van der Waals surface area contributed by atoms with Crippen molar-refractivity contribution < 1.29 is 9.47 Å². The molecule has 5 nitrogen and oxygen atoms in total. The standard InChI is InChI=1S/C15H14ClN3O2/c1-20-13-8-11-12(17-10-18-15(11)16)9-14(13)21-7-6-19-4-2-3-5-19/h2-5,8-10H,6-7H2,1H3. The van der Waals surface area contributed by atoms with Gasteiger partial charge in [0.15, 0.2) is 11.5 Å². The molecule has 3 aromatic rings. The maximum absolute atomic E-state index is 6.06. The van der Waals surface area contributed by atoms with Crippen LogP contribution in [0.1, 0.15) is 0 Å². The molecule has 0 atom stereocenters. The van der Waals surface area contributed by atoms with Gasteiger partial charge >= 0.3 is 0 Å². The second-order valence-electron chi connectivity index (χ2n) is 4.45. The van der Waals surface area contributed by atoms with Gasteiger partial charge in [0, 0.05) is 23.8 Å². The smallest absolute Gasteiger partial charge is 0.163 e. The number of hydrogen-bond acceptors (Lipinski definition) is 4. The van der Waals surface area contributed by atoms with E-state index in [0.717, 1.165) is 17.4 Å². The molecule has 0 aliphatic rings. The summed E-state index contributed by atoms with van der Waals surface area (Å²) in [5, 5.41) is 1.14. The average molecular weight is 304 g/mol. The number of benzene rings is 1. The van der Waals surface area contributed by atoms with Crippen LogP contribution in [0.15, 0.2) is 43.0 Å². The zero-order valence-electron chi connectivity index (χ0n) is 11.5. The maximum Gasteiger partial charge on any atom is 0.163 e. The van der Waals surface area contributed by atoms with Crippen molar-refractivity contribution >= 4 is 22.5 Å². The van der Waals surface area contributed by atoms with Gasteiger partial charge < -0.3 is 14.0 Å². The summed E-state index contributed by atoms with van der Waals surface area (Å²) in [5.41, 5.74) is 0.728. The first-order valence-electron chi connectivity index (χ1n) is 6.50. The van der Waals surface area contributed by atoms with Gasteiger partial charge in [-0.15, -0.1) is 0 Å². The fourth-order valence-corrected chi connectivity index (χ4v) is 2.28. The molecule has 1 aromatic carbocycles. The highest BCUT2D eigenvalue weighted by Gasteiger charge is 2.10. The zero-order chi connectivity index (χ0) is 14.7. The third-order valence-electron chi connectivity index (χ3n) is 3.15. The van der Waals surface area contributed by atoms with E-state index in [9.17, 15) is 0 Å². The molecule has 21 heavy (non-hydrogen) atoms. The van der Waals surface area contributed by atoms with Crippen molar-refractivity contribution in [3.63, 3.8) is 0 Å². The van der Waals surface area contributed by atoms with Gasteiger partial charge in [0.25, 0.3) is 0 Å². The van der Waals surface area contributed by atoms with Crippen molar-refractivity contribution in [2.24, 2.45) is 0 Å². The lowest BCUT2D eigenvalue weighted by atomic mass is 10.2. The molecule has 2 aromatic heterocycles. The molecular formula is C15H14ClN3O2. The van der Waals surface area contributed by atoms with Crippen LogP contribution in [0.2, 0.25) is 5.15 Å². The Morgan fingerprint density at radius 2 is 1.95 bits per heavy atom. The quantitative estimate of drug-likeness (QED) is 0.679. The van der Waals surface area contributed by atoms with Gasteiger partial charge in [-0.3, -0.25) is 0 Å². The van der Waals surface area contributed by atoms with Crippen molar-refractivity contribution in [2.45, 2.75) is 6.54 Å². The Kier molecular flexibility index (Phi) is 3.92. The van der Waals surface area contributed by atoms with Gasteiger partial charge in [-0.05, 0) is 18.2 Å². The summed E-state index contributed by atoms with van der Waals surface area (Å²) in [7, 11) is 1.59. The van der Waals surface area contributed by atoms with Crippen LogP contribution in [0, 0.1) is 0 Å². The highest BCUT2D eigenvalue weighted by atomic mass is 35.5. The largest absolute Gasteiger partial charge is 0.493 e. The Labute approximate surface area is 127 Å². The monoisotopic (exact) mass is 303 g/mol. The second kappa shape index (κ2) is 6.01. The third kappa shape index (κ3) is 2.92. The van der Waals surface area contributed by atoms with Gasteiger partial charge in [0.2, 0.25) is 0 Å². The number of ether oxygens (including phenoxy) is 2. The molecule has 0 radical (unpaired) electrons. The molecule has 6 heteroatoms. The van der Waals surface area contributed by atoms with E-state index in [-0.39, 0.29) is 0 Å². The number of rotatable bonds is 5. The van der Waals surface area contributed by atoms with E-state index in [1.54, 1.807) is 13.2 Å². The first kappa shape index (κ1) is 13.7. The molecule has 0 saturated heterocycles. The fourth-order valence-electron chi connectivity index (χ4n) is 2.09. The van der Waals surface area contributed by atoms with E-state index < -0.39 is 0 Å². The van der Waals surface area contributed by atoms with Crippen molar-refractivity contribution in [3.8, 4) is 11.5 Å². The minimum Gasteiger partial charge on any atom is -0.493 e. The molecule has 0 spiro atoms. The normalized spacial score (nSPS) is 10.8. The Hall–Kier alpha value is -2.27. The number of methoxy groups -OCH3 is 1. The minimum absolute atomic E-state index is 0.400. The van der Waals surface area contributed by atoms with Crippen molar-refractivity contribution in [2.75, 3.05) is 13.7 Å². The molecule has 0 aliphatic carbocycles. The lowest BCUT2D eigenvalue weighted by Crippen LogP contribution is -2.07. The number of nitrogens with zero attached hydrogens (tertiary/aromatic N) is 3. The van der Waals surface area contributed by atoms with E-state index >= 15 is 0 Å².